The van der Waals surface area contributed by atoms with Gasteiger partial charge in [-0.15, -0.1) is 0 Å². The first-order valence-corrected chi connectivity index (χ1v) is 10.9. The lowest BCUT2D eigenvalue weighted by Gasteiger charge is -2.31. The number of pyridine rings is 1. The molecule has 3 rings (SSSR count). The number of aromatic nitrogens is 1. The Morgan fingerprint density at radius 3 is 2.71 bits per heavy atom. The van der Waals surface area contributed by atoms with Crippen molar-refractivity contribution in [1.29, 1.82) is 0 Å². The van der Waals surface area contributed by atoms with Gasteiger partial charge in [0, 0.05) is 19.3 Å². The van der Waals surface area contributed by atoms with Crippen LogP contribution in [0.15, 0.2) is 53.6 Å². The number of piperidine rings is 1. The Balaban J connectivity index is 1.63. The van der Waals surface area contributed by atoms with Gasteiger partial charge in [-0.1, -0.05) is 6.07 Å². The van der Waals surface area contributed by atoms with E-state index in [1.165, 1.54) is 4.31 Å². The maximum absolute atomic E-state index is 12.9. The Kier molecular flexibility index (Phi) is 6.64. The van der Waals surface area contributed by atoms with Crippen LogP contribution in [-0.4, -0.2) is 43.3 Å². The Hall–Kier alpha value is -2.45. The zero-order valence-corrected chi connectivity index (χ0v) is 16.7. The molecule has 1 aliphatic heterocycles. The minimum Gasteiger partial charge on any atom is -0.494 e. The van der Waals surface area contributed by atoms with Crippen molar-refractivity contribution < 1.29 is 17.9 Å². The van der Waals surface area contributed by atoms with Gasteiger partial charge in [-0.05, 0) is 56.2 Å². The van der Waals surface area contributed by atoms with E-state index in [0.29, 0.717) is 38.3 Å². The molecule has 0 spiro atoms. The second-order valence-corrected chi connectivity index (χ2v) is 8.58. The molecular formula is C20H25N3O4S. The molecule has 0 bridgehead atoms. The van der Waals surface area contributed by atoms with E-state index in [1.54, 1.807) is 30.5 Å². The van der Waals surface area contributed by atoms with Gasteiger partial charge in [-0.25, -0.2) is 8.42 Å². The van der Waals surface area contributed by atoms with Crippen LogP contribution in [0.3, 0.4) is 0 Å². The maximum atomic E-state index is 12.9. The fraction of sp³-hybridized carbons (Fsp3) is 0.400. The molecule has 0 radical (unpaired) electrons. The zero-order valence-electron chi connectivity index (χ0n) is 15.9. The molecule has 1 aliphatic rings. The quantitative estimate of drug-likeness (QED) is 0.766. The van der Waals surface area contributed by atoms with Crippen LogP contribution in [0.5, 0.6) is 5.75 Å². The Morgan fingerprint density at radius 1 is 1.25 bits per heavy atom. The average Bonchev–Trinajstić information content (AvgIpc) is 2.73. The Bertz CT molecular complexity index is 885. The molecule has 8 heteroatoms. The Labute approximate surface area is 165 Å². The van der Waals surface area contributed by atoms with Gasteiger partial charge in [0.05, 0.1) is 29.7 Å². The number of amides is 1. The topological polar surface area (TPSA) is 88.6 Å². The number of carbonyl (C=O) groups excluding carboxylic acids is 1. The number of carbonyl (C=O) groups is 1. The highest BCUT2D eigenvalue weighted by Gasteiger charge is 2.33. The van der Waals surface area contributed by atoms with Gasteiger partial charge in [0.1, 0.15) is 5.75 Å². The normalized spacial score (nSPS) is 17.8. The van der Waals surface area contributed by atoms with Crippen LogP contribution in [0.25, 0.3) is 0 Å². The lowest BCUT2D eigenvalue weighted by molar-refractivity contribution is -0.126. The smallest absolute Gasteiger partial charge is 0.243 e. The number of ether oxygens (including phenoxy) is 1. The number of benzene rings is 1. The summed E-state index contributed by atoms with van der Waals surface area (Å²) >= 11 is 0. The fourth-order valence-corrected chi connectivity index (χ4v) is 4.75. The summed E-state index contributed by atoms with van der Waals surface area (Å²) in [7, 11) is -3.64. The molecule has 1 aromatic carbocycles. The minimum absolute atomic E-state index is 0.141. The molecule has 150 valence electrons. The summed E-state index contributed by atoms with van der Waals surface area (Å²) in [5, 5.41) is 2.86. The number of sulfonamides is 1. The molecular weight excluding hydrogens is 378 g/mol. The molecule has 7 nitrogen and oxygen atoms in total. The zero-order chi connectivity index (χ0) is 20.0. The van der Waals surface area contributed by atoms with Gasteiger partial charge >= 0.3 is 0 Å². The van der Waals surface area contributed by atoms with Crippen molar-refractivity contribution in [1.82, 2.24) is 14.6 Å². The second-order valence-electron chi connectivity index (χ2n) is 6.65. The first-order chi connectivity index (χ1) is 13.5. The van der Waals surface area contributed by atoms with E-state index in [2.05, 4.69) is 10.3 Å². The van der Waals surface area contributed by atoms with E-state index in [0.717, 1.165) is 5.69 Å². The summed E-state index contributed by atoms with van der Waals surface area (Å²) in [4.78, 5) is 16.9. The molecule has 28 heavy (non-hydrogen) atoms. The van der Waals surface area contributed by atoms with Gasteiger partial charge < -0.3 is 10.1 Å². The molecule has 2 heterocycles. The fourth-order valence-electron chi connectivity index (χ4n) is 3.22. The molecule has 1 atom stereocenters. The summed E-state index contributed by atoms with van der Waals surface area (Å²) in [5.41, 5.74) is 0.769. The molecule has 2 aromatic rings. The highest BCUT2D eigenvalue weighted by Crippen LogP contribution is 2.25. The summed E-state index contributed by atoms with van der Waals surface area (Å²) in [6.07, 6.45) is 2.99. The molecule has 0 unspecified atom stereocenters. The van der Waals surface area contributed by atoms with E-state index in [9.17, 15) is 13.2 Å². The molecule has 1 amide bonds. The molecule has 0 aliphatic carbocycles. The molecule has 0 saturated carbocycles. The third-order valence-electron chi connectivity index (χ3n) is 4.70. The van der Waals surface area contributed by atoms with Crippen LogP contribution >= 0.6 is 0 Å². The Morgan fingerprint density at radius 2 is 2.04 bits per heavy atom. The van der Waals surface area contributed by atoms with E-state index >= 15 is 0 Å². The van der Waals surface area contributed by atoms with E-state index < -0.39 is 10.0 Å². The van der Waals surface area contributed by atoms with Gasteiger partial charge in [-0.2, -0.15) is 4.31 Å². The van der Waals surface area contributed by atoms with E-state index in [-0.39, 0.29) is 23.3 Å². The van der Waals surface area contributed by atoms with Gasteiger partial charge in [0.2, 0.25) is 15.9 Å². The first kappa shape index (κ1) is 20.3. The highest BCUT2D eigenvalue weighted by atomic mass is 32.2. The number of nitrogens with one attached hydrogen (secondary N) is 1. The summed E-state index contributed by atoms with van der Waals surface area (Å²) < 4.78 is 32.7. The molecule has 1 saturated heterocycles. The highest BCUT2D eigenvalue weighted by molar-refractivity contribution is 7.89. The number of hydrogen-bond donors (Lipinski definition) is 1. The van der Waals surface area contributed by atoms with Crippen LogP contribution in [0.1, 0.15) is 25.5 Å². The molecule has 1 N–H and O–H groups in total. The lowest BCUT2D eigenvalue weighted by Crippen LogP contribution is -2.45. The van der Waals surface area contributed by atoms with Crippen molar-refractivity contribution in [3.8, 4) is 5.75 Å². The van der Waals surface area contributed by atoms with Gasteiger partial charge in [-0.3, -0.25) is 9.78 Å². The SMILES string of the molecule is CCOc1ccc(S(=O)(=O)N2CCC[C@H](C(=O)NCc3ccccn3)C2)cc1. The monoisotopic (exact) mass is 403 g/mol. The summed E-state index contributed by atoms with van der Waals surface area (Å²) in [6, 6.07) is 11.9. The van der Waals surface area contributed by atoms with Crippen LogP contribution < -0.4 is 10.1 Å². The largest absolute Gasteiger partial charge is 0.494 e. The predicted molar refractivity (Wildman–Crippen MR) is 105 cm³/mol. The van der Waals surface area contributed by atoms with Crippen LogP contribution in [0, 0.1) is 5.92 Å². The first-order valence-electron chi connectivity index (χ1n) is 9.41. The van der Waals surface area contributed by atoms with Crippen molar-refractivity contribution in [2.45, 2.75) is 31.2 Å². The van der Waals surface area contributed by atoms with E-state index in [1.807, 2.05) is 25.1 Å². The number of hydrogen-bond acceptors (Lipinski definition) is 5. The minimum atomic E-state index is -3.64. The van der Waals surface area contributed by atoms with Crippen LogP contribution in [-0.2, 0) is 21.4 Å². The maximum Gasteiger partial charge on any atom is 0.243 e. The van der Waals surface area contributed by atoms with Crippen molar-refractivity contribution in [2.75, 3.05) is 19.7 Å². The van der Waals surface area contributed by atoms with Crippen molar-refractivity contribution >= 4 is 15.9 Å². The third kappa shape index (κ3) is 4.88. The summed E-state index contributed by atoms with van der Waals surface area (Å²) in [5.74, 6) is 0.124. The van der Waals surface area contributed by atoms with E-state index in [4.69, 9.17) is 4.74 Å². The van der Waals surface area contributed by atoms with Gasteiger partial charge in [0.25, 0.3) is 0 Å². The van der Waals surface area contributed by atoms with Crippen LogP contribution in [0.4, 0.5) is 0 Å². The predicted octanol–water partition coefficient (Wildman–Crippen LogP) is 2.20. The lowest BCUT2D eigenvalue weighted by atomic mass is 9.99. The standard InChI is InChI=1S/C20H25N3O4S/c1-2-27-18-8-10-19(11-9-18)28(25,26)23-13-5-6-16(15-23)20(24)22-14-17-7-3-4-12-21-17/h3-4,7-12,16H,2,5-6,13-15H2,1H3,(H,22,24)/t16-/m0/s1. The molecule has 1 fully saturated rings. The van der Waals surface area contributed by atoms with Crippen molar-refractivity contribution in [2.24, 2.45) is 5.92 Å². The number of rotatable bonds is 7. The van der Waals surface area contributed by atoms with Crippen molar-refractivity contribution in [3.05, 3.63) is 54.4 Å². The molecule has 1 aromatic heterocycles. The van der Waals surface area contributed by atoms with Gasteiger partial charge in [0.15, 0.2) is 0 Å². The third-order valence-corrected chi connectivity index (χ3v) is 6.58. The van der Waals surface area contributed by atoms with Crippen LogP contribution in [0.2, 0.25) is 0 Å². The average molecular weight is 404 g/mol. The number of nitrogens with zero attached hydrogens (tertiary/aromatic N) is 2. The van der Waals surface area contributed by atoms with Crippen molar-refractivity contribution in [3.63, 3.8) is 0 Å². The summed E-state index contributed by atoms with van der Waals surface area (Å²) in [6.45, 7) is 3.33. The second kappa shape index (κ2) is 9.16.